The minimum atomic E-state index is 0.744. The van der Waals surface area contributed by atoms with Crippen LogP contribution in [0.15, 0.2) is 60.7 Å². The fourth-order valence-electron chi connectivity index (χ4n) is 2.79. The summed E-state index contributed by atoms with van der Waals surface area (Å²) in [5.74, 6) is 1.54. The maximum absolute atomic E-state index is 5.74. The van der Waals surface area contributed by atoms with E-state index in [-0.39, 0.29) is 0 Å². The van der Waals surface area contributed by atoms with Crippen molar-refractivity contribution in [2.45, 2.75) is 0 Å². The van der Waals surface area contributed by atoms with Gasteiger partial charge >= 0.3 is 0 Å². The molecule has 0 heterocycles. The van der Waals surface area contributed by atoms with E-state index >= 15 is 0 Å². The van der Waals surface area contributed by atoms with Crippen molar-refractivity contribution in [2.24, 2.45) is 0 Å². The molecule has 28 heavy (non-hydrogen) atoms. The van der Waals surface area contributed by atoms with E-state index in [0.717, 1.165) is 45.1 Å². The smallest absolute Gasteiger partial charge is 0.126 e. The van der Waals surface area contributed by atoms with E-state index in [1.54, 1.807) is 14.2 Å². The van der Waals surface area contributed by atoms with Crippen LogP contribution < -0.4 is 20.9 Å². The van der Waals surface area contributed by atoms with Gasteiger partial charge in [0.15, 0.2) is 0 Å². The Morgan fingerprint density at radius 2 is 0.929 bits per heavy atom. The van der Waals surface area contributed by atoms with E-state index in [9.17, 15) is 0 Å². The van der Waals surface area contributed by atoms with Crippen molar-refractivity contribution in [2.75, 3.05) is 25.7 Å². The summed E-state index contributed by atoms with van der Waals surface area (Å²) in [5.41, 5.74) is 16.9. The normalized spacial score (nSPS) is 11.2. The minimum absolute atomic E-state index is 0.744. The van der Waals surface area contributed by atoms with Crippen LogP contribution in [0.4, 0.5) is 11.4 Å². The average molecular weight is 372 g/mol. The summed E-state index contributed by atoms with van der Waals surface area (Å²) in [4.78, 5) is 0. The first-order valence-corrected chi connectivity index (χ1v) is 8.92. The number of ether oxygens (including phenoxy) is 2. The number of hydrogen-bond donors (Lipinski definition) is 2. The van der Waals surface area contributed by atoms with E-state index in [1.165, 1.54) is 0 Å². The summed E-state index contributed by atoms with van der Waals surface area (Å²) in [6, 6.07) is 19.3. The fourth-order valence-corrected chi connectivity index (χ4v) is 2.79. The molecule has 4 N–H and O–H groups in total. The number of methoxy groups -OCH3 is 2. The fraction of sp³-hybridized carbons (Fsp3) is 0.0833. The first kappa shape index (κ1) is 19.1. The van der Waals surface area contributed by atoms with Crippen LogP contribution in [0.1, 0.15) is 22.3 Å². The second-order valence-electron chi connectivity index (χ2n) is 6.34. The molecule has 142 valence electrons. The Hall–Kier alpha value is -3.66. The van der Waals surface area contributed by atoms with E-state index in [2.05, 4.69) is 0 Å². The molecule has 0 radical (unpaired) electrons. The predicted octanol–water partition coefficient (Wildman–Crippen LogP) is 5.21. The zero-order valence-electron chi connectivity index (χ0n) is 16.1. The molecule has 0 aliphatic rings. The Morgan fingerprint density at radius 1 is 0.571 bits per heavy atom. The van der Waals surface area contributed by atoms with E-state index in [1.807, 2.05) is 85.0 Å². The highest BCUT2D eigenvalue weighted by Gasteiger charge is 2.08. The highest BCUT2D eigenvalue weighted by molar-refractivity contribution is 5.79. The van der Waals surface area contributed by atoms with Crippen LogP contribution in [-0.2, 0) is 0 Å². The van der Waals surface area contributed by atoms with Gasteiger partial charge in [-0.25, -0.2) is 0 Å². The number of benzene rings is 3. The first-order chi connectivity index (χ1) is 13.6. The van der Waals surface area contributed by atoms with Crippen LogP contribution in [-0.4, -0.2) is 14.2 Å². The van der Waals surface area contributed by atoms with Gasteiger partial charge in [-0.15, -0.1) is 0 Å². The molecule has 0 spiro atoms. The second kappa shape index (κ2) is 8.82. The highest BCUT2D eigenvalue weighted by atomic mass is 16.5. The zero-order chi connectivity index (χ0) is 19.9. The molecule has 0 fully saturated rings. The van der Waals surface area contributed by atoms with E-state index in [4.69, 9.17) is 20.9 Å². The third-order valence-corrected chi connectivity index (χ3v) is 4.37. The van der Waals surface area contributed by atoms with Gasteiger partial charge in [0, 0.05) is 22.5 Å². The molecule has 0 saturated carbocycles. The van der Waals surface area contributed by atoms with E-state index in [0.29, 0.717) is 0 Å². The van der Waals surface area contributed by atoms with Crippen LogP contribution in [0.5, 0.6) is 11.5 Å². The Balaban J connectivity index is 1.90. The Kier molecular flexibility index (Phi) is 6.02. The molecule has 4 heteroatoms. The molecule has 0 aliphatic heterocycles. The van der Waals surface area contributed by atoms with Crippen molar-refractivity contribution in [3.8, 4) is 11.5 Å². The van der Waals surface area contributed by atoms with Crippen molar-refractivity contribution < 1.29 is 9.47 Å². The summed E-state index contributed by atoms with van der Waals surface area (Å²) in [6.07, 6.45) is 8.03. The molecular formula is C24H24N2O2. The first-order valence-electron chi connectivity index (χ1n) is 8.92. The van der Waals surface area contributed by atoms with Crippen LogP contribution in [0.2, 0.25) is 0 Å². The van der Waals surface area contributed by atoms with Crippen LogP contribution in [0.25, 0.3) is 24.3 Å². The van der Waals surface area contributed by atoms with Gasteiger partial charge in [0.25, 0.3) is 0 Å². The van der Waals surface area contributed by atoms with Crippen molar-refractivity contribution >= 4 is 35.7 Å². The molecular weight excluding hydrogens is 348 g/mol. The highest BCUT2D eigenvalue weighted by Crippen LogP contribution is 2.31. The number of rotatable bonds is 6. The molecule has 0 aromatic heterocycles. The second-order valence-corrected chi connectivity index (χ2v) is 6.34. The zero-order valence-corrected chi connectivity index (χ0v) is 16.1. The lowest BCUT2D eigenvalue weighted by molar-refractivity contribution is 0.401. The van der Waals surface area contributed by atoms with Crippen LogP contribution in [0.3, 0.4) is 0 Å². The topological polar surface area (TPSA) is 70.5 Å². The van der Waals surface area contributed by atoms with Gasteiger partial charge in [0.05, 0.1) is 14.2 Å². The van der Waals surface area contributed by atoms with Crippen LogP contribution >= 0.6 is 0 Å². The molecule has 0 bridgehead atoms. The molecule has 0 unspecified atom stereocenters. The summed E-state index contributed by atoms with van der Waals surface area (Å²) >= 11 is 0. The lowest BCUT2D eigenvalue weighted by Gasteiger charge is -2.11. The molecule has 3 aromatic carbocycles. The van der Waals surface area contributed by atoms with Crippen LogP contribution in [0, 0.1) is 0 Å². The van der Waals surface area contributed by atoms with Gasteiger partial charge in [-0.3, -0.25) is 0 Å². The Bertz CT molecular complexity index is 905. The van der Waals surface area contributed by atoms with Crippen molar-refractivity contribution in [1.82, 2.24) is 0 Å². The summed E-state index contributed by atoms with van der Waals surface area (Å²) in [6.45, 7) is 0. The monoisotopic (exact) mass is 372 g/mol. The van der Waals surface area contributed by atoms with Crippen molar-refractivity contribution in [3.63, 3.8) is 0 Å². The van der Waals surface area contributed by atoms with Gasteiger partial charge in [-0.1, -0.05) is 48.6 Å². The maximum atomic E-state index is 5.74. The van der Waals surface area contributed by atoms with Gasteiger partial charge < -0.3 is 20.9 Å². The lowest BCUT2D eigenvalue weighted by Crippen LogP contribution is -1.93. The minimum Gasteiger partial charge on any atom is -0.496 e. The van der Waals surface area contributed by atoms with Gasteiger partial charge in [-0.2, -0.15) is 0 Å². The predicted molar refractivity (Wildman–Crippen MR) is 119 cm³/mol. The SMILES string of the molecule is COc1cc(C=Cc2ccc(N)cc2)c(OC)cc1C=Cc1ccc(N)cc1. The van der Waals surface area contributed by atoms with E-state index < -0.39 is 0 Å². The molecule has 0 atom stereocenters. The lowest BCUT2D eigenvalue weighted by atomic mass is 10.1. The maximum Gasteiger partial charge on any atom is 0.126 e. The van der Waals surface area contributed by atoms with Crippen molar-refractivity contribution in [3.05, 3.63) is 82.9 Å². The summed E-state index contributed by atoms with van der Waals surface area (Å²) in [5, 5.41) is 0. The molecule has 0 saturated heterocycles. The Labute approximate surface area is 165 Å². The summed E-state index contributed by atoms with van der Waals surface area (Å²) in [7, 11) is 3.33. The third kappa shape index (κ3) is 4.74. The molecule has 3 rings (SSSR count). The number of nitrogens with two attached hydrogens (primary N) is 2. The third-order valence-electron chi connectivity index (χ3n) is 4.37. The van der Waals surface area contributed by atoms with Gasteiger partial charge in [0.1, 0.15) is 11.5 Å². The average Bonchev–Trinajstić information content (AvgIpc) is 2.72. The number of nitrogen functional groups attached to an aromatic ring is 2. The molecule has 0 aliphatic carbocycles. The van der Waals surface area contributed by atoms with Gasteiger partial charge in [-0.05, 0) is 47.5 Å². The van der Waals surface area contributed by atoms with Gasteiger partial charge in [0.2, 0.25) is 0 Å². The summed E-state index contributed by atoms with van der Waals surface area (Å²) < 4.78 is 11.2. The molecule has 3 aromatic rings. The quantitative estimate of drug-likeness (QED) is 0.460. The van der Waals surface area contributed by atoms with Crippen molar-refractivity contribution in [1.29, 1.82) is 0 Å². The standard InChI is InChI=1S/C24H24N2O2/c1-27-23-15-20(10-4-18-7-13-22(26)14-8-18)24(28-2)16-19(23)9-3-17-5-11-21(25)12-6-17/h3-16H,25-26H2,1-2H3. The molecule has 4 nitrogen and oxygen atoms in total. The number of anilines is 2. The largest absolute Gasteiger partial charge is 0.496 e. The Morgan fingerprint density at radius 3 is 1.25 bits per heavy atom. The molecule has 0 amide bonds. The number of hydrogen-bond acceptors (Lipinski definition) is 4.